The number of aliphatic hydroxyl groups excluding tert-OH is 1. The first-order valence-corrected chi connectivity index (χ1v) is 5.52. The molecular formula is C12H16N2O3. The molecular weight excluding hydrogens is 220 g/mol. The lowest BCUT2D eigenvalue weighted by Crippen LogP contribution is -2.21. The number of benzene rings is 1. The van der Waals surface area contributed by atoms with E-state index in [0.717, 1.165) is 18.7 Å². The summed E-state index contributed by atoms with van der Waals surface area (Å²) >= 11 is 0. The van der Waals surface area contributed by atoms with Crippen molar-refractivity contribution in [2.75, 3.05) is 30.8 Å². The molecule has 1 aromatic carbocycles. The van der Waals surface area contributed by atoms with Gasteiger partial charge < -0.3 is 20.5 Å². The Morgan fingerprint density at radius 3 is 2.94 bits per heavy atom. The van der Waals surface area contributed by atoms with Crippen molar-refractivity contribution in [2.24, 2.45) is 0 Å². The van der Waals surface area contributed by atoms with E-state index < -0.39 is 5.97 Å². The van der Waals surface area contributed by atoms with E-state index in [1.165, 1.54) is 7.11 Å². The molecule has 17 heavy (non-hydrogen) atoms. The number of hydrogen-bond donors (Lipinski definition) is 2. The Balaban J connectivity index is 2.27. The van der Waals surface area contributed by atoms with Crippen molar-refractivity contribution >= 4 is 17.3 Å². The molecule has 0 aromatic heterocycles. The van der Waals surface area contributed by atoms with E-state index in [4.69, 9.17) is 5.73 Å². The molecule has 2 rings (SSSR count). The van der Waals surface area contributed by atoms with E-state index in [9.17, 15) is 9.90 Å². The number of nitrogens with zero attached hydrogens (tertiary/aromatic N) is 1. The molecule has 0 spiro atoms. The number of nitrogens with two attached hydrogens (primary N) is 1. The quantitative estimate of drug-likeness (QED) is 0.581. The molecule has 1 fully saturated rings. The topological polar surface area (TPSA) is 75.8 Å². The molecule has 92 valence electrons. The summed E-state index contributed by atoms with van der Waals surface area (Å²) in [6.45, 7) is 1.37. The summed E-state index contributed by atoms with van der Waals surface area (Å²) in [4.78, 5) is 13.5. The molecule has 0 bridgehead atoms. The van der Waals surface area contributed by atoms with Gasteiger partial charge in [0.25, 0.3) is 0 Å². The summed E-state index contributed by atoms with van der Waals surface area (Å²) in [6, 6.07) is 5.24. The van der Waals surface area contributed by atoms with E-state index in [2.05, 4.69) is 4.74 Å². The van der Waals surface area contributed by atoms with Crippen molar-refractivity contribution in [3.63, 3.8) is 0 Å². The summed E-state index contributed by atoms with van der Waals surface area (Å²) in [5, 5.41) is 9.48. The Morgan fingerprint density at radius 2 is 2.35 bits per heavy atom. The number of carbonyl (C=O) groups excluding carboxylic acids is 1. The molecule has 0 aliphatic carbocycles. The minimum absolute atomic E-state index is 0.297. The summed E-state index contributed by atoms with van der Waals surface area (Å²) in [7, 11) is 1.33. The lowest BCUT2D eigenvalue weighted by Gasteiger charge is -2.19. The third kappa shape index (κ3) is 2.34. The Bertz CT molecular complexity index is 434. The van der Waals surface area contributed by atoms with Crippen LogP contribution < -0.4 is 10.6 Å². The van der Waals surface area contributed by atoms with Crippen molar-refractivity contribution in [1.82, 2.24) is 0 Å². The molecule has 1 atom stereocenters. The highest BCUT2D eigenvalue weighted by Crippen LogP contribution is 2.25. The minimum atomic E-state index is -0.441. The van der Waals surface area contributed by atoms with Crippen LogP contribution in [0, 0.1) is 0 Å². The molecule has 5 heteroatoms. The summed E-state index contributed by atoms with van der Waals surface area (Å²) in [5.41, 5.74) is 7.38. The van der Waals surface area contributed by atoms with Crippen LogP contribution in [0.1, 0.15) is 16.8 Å². The highest BCUT2D eigenvalue weighted by atomic mass is 16.5. The second-order valence-corrected chi connectivity index (χ2v) is 4.15. The van der Waals surface area contributed by atoms with Crippen molar-refractivity contribution < 1.29 is 14.6 Å². The lowest BCUT2D eigenvalue weighted by atomic mass is 10.1. The summed E-state index contributed by atoms with van der Waals surface area (Å²) in [6.07, 6.45) is 0.451. The molecule has 1 aromatic rings. The van der Waals surface area contributed by atoms with Crippen LogP contribution in [0.25, 0.3) is 0 Å². The normalized spacial score (nSPS) is 19.4. The van der Waals surface area contributed by atoms with Crippen LogP contribution in [-0.2, 0) is 4.74 Å². The maximum Gasteiger partial charge on any atom is 0.340 e. The van der Waals surface area contributed by atoms with E-state index in [0.29, 0.717) is 17.8 Å². The predicted octanol–water partition coefficient (Wildman–Crippen LogP) is 0.626. The fourth-order valence-corrected chi connectivity index (χ4v) is 2.00. The number of carbonyl (C=O) groups is 1. The molecule has 1 saturated heterocycles. The largest absolute Gasteiger partial charge is 0.465 e. The second kappa shape index (κ2) is 4.63. The number of esters is 1. The van der Waals surface area contributed by atoms with Crippen LogP contribution in [0.3, 0.4) is 0 Å². The third-order valence-corrected chi connectivity index (χ3v) is 2.97. The minimum Gasteiger partial charge on any atom is -0.465 e. The zero-order valence-corrected chi connectivity index (χ0v) is 9.72. The van der Waals surface area contributed by atoms with Crippen LogP contribution in [0.2, 0.25) is 0 Å². The molecule has 5 nitrogen and oxygen atoms in total. The third-order valence-electron chi connectivity index (χ3n) is 2.97. The number of rotatable bonds is 2. The van der Waals surface area contributed by atoms with Crippen LogP contribution in [-0.4, -0.2) is 37.4 Å². The van der Waals surface area contributed by atoms with Crippen LogP contribution in [0.15, 0.2) is 18.2 Å². The molecule has 1 unspecified atom stereocenters. The average Bonchev–Trinajstić information content (AvgIpc) is 2.75. The van der Waals surface area contributed by atoms with E-state index in [1.54, 1.807) is 12.1 Å². The van der Waals surface area contributed by atoms with Crippen LogP contribution in [0.5, 0.6) is 0 Å². The van der Waals surface area contributed by atoms with Crippen molar-refractivity contribution in [2.45, 2.75) is 12.5 Å². The zero-order valence-electron chi connectivity index (χ0n) is 9.72. The number of anilines is 2. The van der Waals surface area contributed by atoms with Gasteiger partial charge in [-0.15, -0.1) is 0 Å². The van der Waals surface area contributed by atoms with Crippen LogP contribution in [0.4, 0.5) is 11.4 Å². The fourth-order valence-electron chi connectivity index (χ4n) is 2.00. The maximum atomic E-state index is 11.5. The van der Waals surface area contributed by atoms with Gasteiger partial charge in [0.15, 0.2) is 0 Å². The first kappa shape index (κ1) is 11.7. The molecule has 1 aliphatic rings. The molecule has 1 heterocycles. The van der Waals surface area contributed by atoms with Gasteiger partial charge >= 0.3 is 5.97 Å². The fraction of sp³-hybridized carbons (Fsp3) is 0.417. The second-order valence-electron chi connectivity index (χ2n) is 4.15. The highest BCUT2D eigenvalue weighted by Gasteiger charge is 2.21. The molecule has 0 amide bonds. The van der Waals surface area contributed by atoms with Gasteiger partial charge in [-0.25, -0.2) is 4.79 Å². The Kier molecular flexibility index (Phi) is 3.19. The molecule has 1 aliphatic heterocycles. The van der Waals surface area contributed by atoms with Gasteiger partial charge in [-0.05, 0) is 24.6 Å². The highest BCUT2D eigenvalue weighted by molar-refractivity contribution is 5.96. The maximum absolute atomic E-state index is 11.5. The summed E-state index contributed by atoms with van der Waals surface area (Å²) in [5.74, 6) is -0.441. The standard InChI is InChI=1S/C12H16N2O3/c1-17-12(16)10-6-8(2-3-11(10)13)14-5-4-9(15)7-14/h2-3,6,9,15H,4-5,7,13H2,1H3. The Labute approximate surface area is 99.8 Å². The van der Waals surface area contributed by atoms with Crippen LogP contribution >= 0.6 is 0 Å². The van der Waals surface area contributed by atoms with Crippen molar-refractivity contribution in [3.05, 3.63) is 23.8 Å². The lowest BCUT2D eigenvalue weighted by molar-refractivity contribution is 0.0602. The smallest absolute Gasteiger partial charge is 0.340 e. The predicted molar refractivity (Wildman–Crippen MR) is 65.0 cm³/mol. The molecule has 3 N–H and O–H groups in total. The van der Waals surface area contributed by atoms with Crippen molar-refractivity contribution in [1.29, 1.82) is 0 Å². The van der Waals surface area contributed by atoms with Gasteiger partial charge in [0.05, 0.1) is 18.8 Å². The summed E-state index contributed by atoms with van der Waals surface area (Å²) < 4.78 is 4.67. The average molecular weight is 236 g/mol. The Morgan fingerprint density at radius 1 is 1.59 bits per heavy atom. The first-order chi connectivity index (χ1) is 8.11. The number of aliphatic hydroxyl groups is 1. The van der Waals surface area contributed by atoms with Crippen molar-refractivity contribution in [3.8, 4) is 0 Å². The monoisotopic (exact) mass is 236 g/mol. The number of methoxy groups -OCH3 is 1. The van der Waals surface area contributed by atoms with E-state index in [1.807, 2.05) is 11.0 Å². The zero-order chi connectivity index (χ0) is 12.4. The van der Waals surface area contributed by atoms with Gasteiger partial charge in [0.2, 0.25) is 0 Å². The number of β-amino-alcohol motifs (C(OH)–C–C–N with tert-alkyl or cyclic N) is 1. The molecule has 0 radical (unpaired) electrons. The number of ether oxygens (including phenoxy) is 1. The van der Waals surface area contributed by atoms with Gasteiger partial charge in [0.1, 0.15) is 0 Å². The SMILES string of the molecule is COC(=O)c1cc(N2CCC(O)C2)ccc1N. The van der Waals surface area contributed by atoms with Gasteiger partial charge in [-0.3, -0.25) is 0 Å². The first-order valence-electron chi connectivity index (χ1n) is 5.52. The molecule has 0 saturated carbocycles. The van der Waals surface area contributed by atoms with E-state index in [-0.39, 0.29) is 6.10 Å². The van der Waals surface area contributed by atoms with Gasteiger partial charge in [0, 0.05) is 24.5 Å². The number of nitrogen functional groups attached to an aromatic ring is 1. The van der Waals surface area contributed by atoms with Gasteiger partial charge in [-0.2, -0.15) is 0 Å². The van der Waals surface area contributed by atoms with E-state index >= 15 is 0 Å². The van der Waals surface area contributed by atoms with Gasteiger partial charge in [-0.1, -0.05) is 0 Å². The number of hydrogen-bond acceptors (Lipinski definition) is 5. The Hall–Kier alpha value is -1.75.